The highest BCUT2D eigenvalue weighted by molar-refractivity contribution is 4.77. The molecule has 1 rings (SSSR count). The first kappa shape index (κ1) is 12.0. The Morgan fingerprint density at radius 2 is 1.64 bits per heavy atom. The lowest BCUT2D eigenvalue weighted by atomic mass is 10.0. The smallest absolute Gasteiger partial charge is 0.183 e. The Bertz CT molecular complexity index is 137. The second kappa shape index (κ2) is 6.38. The monoisotopic (exact) mass is 202 g/mol. The fraction of sp³-hybridized carbons (Fsp3) is 1.00. The van der Waals surface area contributed by atoms with Gasteiger partial charge in [0.1, 0.15) is 6.10 Å². The number of aliphatic hydroxyl groups is 1. The van der Waals surface area contributed by atoms with E-state index in [2.05, 4.69) is 0 Å². The second-order valence-corrected chi connectivity index (χ2v) is 3.81. The van der Waals surface area contributed by atoms with Crippen molar-refractivity contribution in [3.63, 3.8) is 0 Å². The number of ether oxygens (including phenoxy) is 2. The molecule has 3 nitrogen and oxygen atoms in total. The van der Waals surface area contributed by atoms with Crippen LogP contribution in [0.4, 0.5) is 0 Å². The molecular weight excluding hydrogens is 180 g/mol. The number of aliphatic hydroxyl groups excluding tert-OH is 1. The molecule has 1 fully saturated rings. The molecule has 0 aromatic rings. The molecule has 1 unspecified atom stereocenters. The molecule has 0 bridgehead atoms. The van der Waals surface area contributed by atoms with Gasteiger partial charge in [-0.05, 0) is 32.6 Å². The van der Waals surface area contributed by atoms with Gasteiger partial charge < -0.3 is 14.6 Å². The lowest BCUT2D eigenvalue weighted by molar-refractivity contribution is -0.201. The van der Waals surface area contributed by atoms with E-state index in [1.807, 2.05) is 13.8 Å². The Labute approximate surface area is 86.4 Å². The largest absolute Gasteiger partial charge is 0.388 e. The fourth-order valence-electron chi connectivity index (χ4n) is 2.09. The molecule has 1 aliphatic rings. The molecule has 1 atom stereocenters. The van der Waals surface area contributed by atoms with Crippen LogP contribution in [0.3, 0.4) is 0 Å². The summed E-state index contributed by atoms with van der Waals surface area (Å²) in [6, 6.07) is 0. The summed E-state index contributed by atoms with van der Waals surface area (Å²) in [6.07, 6.45) is 3.81. The number of hydrogen-bond donors (Lipinski definition) is 1. The van der Waals surface area contributed by atoms with Gasteiger partial charge in [-0.15, -0.1) is 0 Å². The predicted molar refractivity (Wildman–Crippen MR) is 55.0 cm³/mol. The van der Waals surface area contributed by atoms with Gasteiger partial charge in [-0.25, -0.2) is 0 Å². The van der Waals surface area contributed by atoms with Crippen LogP contribution in [-0.2, 0) is 9.47 Å². The highest BCUT2D eigenvalue weighted by Gasteiger charge is 2.30. The number of hydrogen-bond acceptors (Lipinski definition) is 3. The lowest BCUT2D eigenvalue weighted by Crippen LogP contribution is -2.36. The average Bonchev–Trinajstić information content (AvgIpc) is 2.69. The van der Waals surface area contributed by atoms with Crippen molar-refractivity contribution in [1.82, 2.24) is 0 Å². The zero-order valence-electron chi connectivity index (χ0n) is 9.24. The van der Waals surface area contributed by atoms with Gasteiger partial charge in [0.05, 0.1) is 0 Å². The minimum absolute atomic E-state index is 0.373. The summed E-state index contributed by atoms with van der Waals surface area (Å²) in [5, 5.41) is 10.0. The van der Waals surface area contributed by atoms with Crippen LogP contribution in [-0.4, -0.2) is 30.7 Å². The molecule has 0 aromatic heterocycles. The first-order valence-corrected chi connectivity index (χ1v) is 5.70. The van der Waals surface area contributed by atoms with E-state index in [1.54, 1.807) is 0 Å². The molecule has 0 heterocycles. The SMILES string of the molecule is CCOC(OCC)C(O)C1CCCC1. The van der Waals surface area contributed by atoms with E-state index in [4.69, 9.17) is 9.47 Å². The highest BCUT2D eigenvalue weighted by Crippen LogP contribution is 2.29. The van der Waals surface area contributed by atoms with Crippen molar-refractivity contribution in [3.8, 4) is 0 Å². The van der Waals surface area contributed by atoms with Crippen LogP contribution in [0.2, 0.25) is 0 Å². The minimum Gasteiger partial charge on any atom is -0.388 e. The molecular formula is C11H22O3. The highest BCUT2D eigenvalue weighted by atomic mass is 16.7. The minimum atomic E-state index is -0.447. The van der Waals surface area contributed by atoms with Crippen LogP contribution in [0.15, 0.2) is 0 Å². The first-order chi connectivity index (χ1) is 6.79. The van der Waals surface area contributed by atoms with Gasteiger partial charge >= 0.3 is 0 Å². The Hall–Kier alpha value is -0.120. The van der Waals surface area contributed by atoms with E-state index in [0.717, 1.165) is 12.8 Å². The van der Waals surface area contributed by atoms with Gasteiger partial charge in [0.2, 0.25) is 0 Å². The molecule has 84 valence electrons. The molecule has 1 N–H and O–H groups in total. The van der Waals surface area contributed by atoms with E-state index in [-0.39, 0.29) is 0 Å². The summed E-state index contributed by atoms with van der Waals surface area (Å²) < 4.78 is 10.8. The maximum Gasteiger partial charge on any atom is 0.183 e. The zero-order valence-corrected chi connectivity index (χ0v) is 9.24. The summed E-state index contributed by atoms with van der Waals surface area (Å²) >= 11 is 0. The third-order valence-corrected chi connectivity index (χ3v) is 2.82. The topological polar surface area (TPSA) is 38.7 Å². The maximum absolute atomic E-state index is 10.0. The Morgan fingerprint density at radius 3 is 2.07 bits per heavy atom. The molecule has 0 radical (unpaired) electrons. The first-order valence-electron chi connectivity index (χ1n) is 5.70. The van der Waals surface area contributed by atoms with Crippen LogP contribution < -0.4 is 0 Å². The average molecular weight is 202 g/mol. The van der Waals surface area contributed by atoms with Gasteiger partial charge in [-0.1, -0.05) is 12.8 Å². The quantitative estimate of drug-likeness (QED) is 0.669. The molecule has 3 heteroatoms. The van der Waals surface area contributed by atoms with E-state index in [1.165, 1.54) is 12.8 Å². The predicted octanol–water partition coefficient (Wildman–Crippen LogP) is 1.94. The van der Waals surface area contributed by atoms with Crippen molar-refractivity contribution >= 4 is 0 Å². The lowest BCUT2D eigenvalue weighted by Gasteiger charge is -2.26. The Balaban J connectivity index is 2.39. The van der Waals surface area contributed by atoms with Gasteiger partial charge in [0.15, 0.2) is 6.29 Å². The van der Waals surface area contributed by atoms with Crippen molar-refractivity contribution in [2.24, 2.45) is 5.92 Å². The zero-order chi connectivity index (χ0) is 10.4. The van der Waals surface area contributed by atoms with Crippen molar-refractivity contribution in [2.45, 2.75) is 51.9 Å². The molecule has 14 heavy (non-hydrogen) atoms. The van der Waals surface area contributed by atoms with E-state index in [9.17, 15) is 5.11 Å². The maximum atomic E-state index is 10.0. The van der Waals surface area contributed by atoms with Gasteiger partial charge in [0, 0.05) is 13.2 Å². The summed E-state index contributed by atoms with van der Waals surface area (Å²) in [6.45, 7) is 5.03. The number of rotatable bonds is 6. The standard InChI is InChI=1S/C11H22O3/c1-3-13-11(14-4-2)10(12)9-7-5-6-8-9/h9-12H,3-8H2,1-2H3. The van der Waals surface area contributed by atoms with Crippen molar-refractivity contribution < 1.29 is 14.6 Å². The third kappa shape index (κ3) is 3.23. The summed E-state index contributed by atoms with van der Waals surface area (Å²) in [5.74, 6) is 0.373. The van der Waals surface area contributed by atoms with E-state index < -0.39 is 12.4 Å². The van der Waals surface area contributed by atoms with Crippen LogP contribution in [0.5, 0.6) is 0 Å². The van der Waals surface area contributed by atoms with Gasteiger partial charge in [0.25, 0.3) is 0 Å². The molecule has 1 saturated carbocycles. The molecule has 0 spiro atoms. The van der Waals surface area contributed by atoms with E-state index in [0.29, 0.717) is 19.1 Å². The van der Waals surface area contributed by atoms with Crippen molar-refractivity contribution in [1.29, 1.82) is 0 Å². The van der Waals surface area contributed by atoms with E-state index >= 15 is 0 Å². The van der Waals surface area contributed by atoms with Crippen LogP contribution in [0.25, 0.3) is 0 Å². The second-order valence-electron chi connectivity index (χ2n) is 3.81. The molecule has 0 amide bonds. The van der Waals surface area contributed by atoms with Crippen molar-refractivity contribution in [2.75, 3.05) is 13.2 Å². The third-order valence-electron chi connectivity index (χ3n) is 2.82. The van der Waals surface area contributed by atoms with Crippen LogP contribution >= 0.6 is 0 Å². The molecule has 0 aromatic carbocycles. The van der Waals surface area contributed by atoms with Gasteiger partial charge in [-0.2, -0.15) is 0 Å². The molecule has 1 aliphatic carbocycles. The normalized spacial score (nSPS) is 20.6. The summed E-state index contributed by atoms with van der Waals surface area (Å²) in [4.78, 5) is 0. The Kier molecular flexibility index (Phi) is 5.45. The van der Waals surface area contributed by atoms with Crippen molar-refractivity contribution in [3.05, 3.63) is 0 Å². The van der Waals surface area contributed by atoms with Crippen LogP contribution in [0, 0.1) is 5.92 Å². The molecule has 0 aliphatic heterocycles. The molecule has 0 saturated heterocycles. The van der Waals surface area contributed by atoms with Crippen LogP contribution in [0.1, 0.15) is 39.5 Å². The Morgan fingerprint density at radius 1 is 1.14 bits per heavy atom. The fourth-order valence-corrected chi connectivity index (χ4v) is 2.09. The summed E-state index contributed by atoms with van der Waals surface area (Å²) in [7, 11) is 0. The summed E-state index contributed by atoms with van der Waals surface area (Å²) in [5.41, 5.74) is 0. The van der Waals surface area contributed by atoms with Gasteiger partial charge in [-0.3, -0.25) is 0 Å².